The zero-order valence-corrected chi connectivity index (χ0v) is 62.7. The molecular formula is C79H82I3O17S-. The van der Waals surface area contributed by atoms with Crippen molar-refractivity contribution in [2.24, 2.45) is 35.5 Å². The number of carbonyl (C=O) groups is 8. The normalized spacial score (nSPS) is 24.6. The molecule has 3 aliphatic carbocycles. The number of aliphatic hydroxyl groups excluding tert-OH is 1. The summed E-state index contributed by atoms with van der Waals surface area (Å²) in [5.41, 5.74) is 4.96. The number of aryl methyl sites for hydroxylation is 3. The van der Waals surface area contributed by atoms with Crippen molar-refractivity contribution in [3.63, 3.8) is 0 Å². The van der Waals surface area contributed by atoms with E-state index in [1.807, 2.05) is 146 Å². The Kier molecular flexibility index (Phi) is 30.7. The van der Waals surface area contributed by atoms with Crippen LogP contribution in [-0.2, 0) is 81.1 Å². The van der Waals surface area contributed by atoms with Gasteiger partial charge in [0.2, 0.25) is 0 Å². The molecule has 3 heterocycles. The van der Waals surface area contributed by atoms with E-state index < -0.39 is 42.5 Å². The summed E-state index contributed by atoms with van der Waals surface area (Å²) < 4.78 is 44.8. The van der Waals surface area contributed by atoms with Crippen molar-refractivity contribution in [3.8, 4) is 0 Å². The number of carbonyl (C=O) groups excluding carboxylic acids is 8. The smallest absolute Gasteiger partial charge is 0.338 e. The van der Waals surface area contributed by atoms with Crippen LogP contribution in [0.4, 0.5) is 0 Å². The van der Waals surface area contributed by atoms with Gasteiger partial charge in [0.1, 0.15) is 48.8 Å². The van der Waals surface area contributed by atoms with Crippen LogP contribution in [0.5, 0.6) is 0 Å². The second-order valence-electron chi connectivity index (χ2n) is 25.3. The molecule has 6 fully saturated rings. The number of benzene rings is 6. The zero-order valence-electron chi connectivity index (χ0n) is 55.5. The monoisotopic (exact) mass is 1720 g/mol. The van der Waals surface area contributed by atoms with Crippen LogP contribution < -0.4 is 15.8 Å². The van der Waals surface area contributed by atoms with Gasteiger partial charge in [-0.3, -0.25) is 24.0 Å². The number of rotatable bonds is 24. The maximum Gasteiger partial charge on any atom is 0.338 e. The van der Waals surface area contributed by atoms with Crippen LogP contribution >= 0.6 is 45.9 Å². The van der Waals surface area contributed by atoms with Gasteiger partial charge in [-0.2, -0.15) is 0 Å². The van der Waals surface area contributed by atoms with E-state index in [1.54, 1.807) is 78.9 Å². The van der Waals surface area contributed by atoms with Crippen LogP contribution in [0.3, 0.4) is 0 Å². The summed E-state index contributed by atoms with van der Waals surface area (Å²) in [4.78, 5) is 96.6. The minimum atomic E-state index is -0.604. The standard InChI is InChI=1S/2C27H28O6.C25H26O5.I3S/c2*1-18(28)31-21(13-12-19-8-4-2-5-9-19)14-15-22-23-16-26(29)32-25(23)17-24(22)33-27(30)20-10-6-3-7-11-20;26-19(12-11-17-7-3-1-4-8-17)13-14-20-21-15-24(27)29-23(21)16-22(20)30-25(28)18-9-5-2-6-10-18;1-3-4-2/h2*2-11,14-15,21-25H,12-13,16-17H2,1H3;1-10,13-14,19-23,26H,11-12,15-16H2;/q;;;-1/b2*15-14+;14-13+;. The average molecular weight is 1720 g/mol. The molecule has 15 atom stereocenters. The summed E-state index contributed by atoms with van der Waals surface area (Å²) >= 11 is 5.21. The van der Waals surface area contributed by atoms with Crippen LogP contribution in [0.2, 0.25) is 0 Å². The third kappa shape index (κ3) is 23.7. The summed E-state index contributed by atoms with van der Waals surface area (Å²) in [6.45, 7) is 2.78. The van der Waals surface area contributed by atoms with E-state index in [0.29, 0.717) is 90.3 Å². The maximum absolute atomic E-state index is 12.6. The van der Waals surface area contributed by atoms with Crippen molar-refractivity contribution in [2.45, 2.75) is 146 Å². The summed E-state index contributed by atoms with van der Waals surface area (Å²) in [7, 11) is 0. The van der Waals surface area contributed by atoms with Crippen LogP contribution in [0.25, 0.3) is 0 Å². The molecule has 0 aromatic heterocycles. The molecule has 3 saturated carbocycles. The molecule has 100 heavy (non-hydrogen) atoms. The number of esters is 8. The first-order chi connectivity index (χ1) is 48.5. The molecule has 0 amide bonds. The van der Waals surface area contributed by atoms with Crippen LogP contribution in [-0.4, -0.2) is 108 Å². The number of halogens is 3. The molecule has 1 N–H and O–H groups in total. The Bertz CT molecular complexity index is 3550. The largest absolute Gasteiger partial charge is 0.462 e. The van der Waals surface area contributed by atoms with Crippen LogP contribution in [0.1, 0.15) is 119 Å². The molecule has 17 nitrogen and oxygen atoms in total. The van der Waals surface area contributed by atoms with E-state index in [-0.39, 0.29) is 95.7 Å². The minimum Gasteiger partial charge on any atom is -0.462 e. The number of ether oxygens (including phenoxy) is 8. The fourth-order valence-corrected chi connectivity index (χ4v) is 13.7. The van der Waals surface area contributed by atoms with E-state index in [0.717, 1.165) is 30.4 Å². The summed E-state index contributed by atoms with van der Waals surface area (Å²) in [6, 6.07) is 56.6. The van der Waals surface area contributed by atoms with Crippen LogP contribution in [0.15, 0.2) is 218 Å². The van der Waals surface area contributed by atoms with E-state index in [2.05, 4.69) is 39.8 Å². The average Bonchev–Trinajstić information content (AvgIpc) is 1.65. The SMILES string of the molecule is CC(=O)OC(/C=C/C1C(OC(=O)c2ccccc2)CC2OC(=O)CC21)CCc1ccccc1.CC(=O)OC(/C=C/C1C(OC(=O)c2ccccc2)CC2OC(=O)CC21)CCc1ccccc1.IS[I-]I.O=C1CC2C(CC(OC(=O)c3ccccc3)C2/C=C/C(O)CCc2ccccc2)O1. The van der Waals surface area contributed by atoms with Crippen molar-refractivity contribution < 1.29 is 97.2 Å². The Labute approximate surface area is 618 Å². The molecular weight excluding hydrogens is 1630 g/mol. The minimum absolute atomic E-state index is 0.0244. The van der Waals surface area contributed by atoms with Crippen molar-refractivity contribution in [3.05, 3.63) is 252 Å². The first kappa shape index (κ1) is 77.0. The predicted octanol–water partition coefficient (Wildman–Crippen LogP) is 11.7. The second-order valence-corrected chi connectivity index (χ2v) is 40.9. The first-order valence-electron chi connectivity index (χ1n) is 33.6. The van der Waals surface area contributed by atoms with Crippen molar-refractivity contribution in [1.82, 2.24) is 0 Å². The summed E-state index contributed by atoms with van der Waals surface area (Å²) in [5, 5.41) is 10.4. The molecule has 3 saturated heterocycles. The number of aliphatic hydroxyl groups is 1. The molecule has 0 spiro atoms. The van der Waals surface area contributed by atoms with Gasteiger partial charge in [-0.25, -0.2) is 14.4 Å². The number of hydrogen-bond donors (Lipinski definition) is 1. The molecule has 0 radical (unpaired) electrons. The van der Waals surface area contributed by atoms with E-state index in [1.165, 1.54) is 19.4 Å². The molecule has 6 aromatic rings. The van der Waals surface area contributed by atoms with E-state index in [4.69, 9.17) is 37.9 Å². The van der Waals surface area contributed by atoms with Gasteiger partial charge < -0.3 is 43.0 Å². The van der Waals surface area contributed by atoms with Crippen molar-refractivity contribution >= 4 is 93.7 Å². The third-order valence-electron chi connectivity index (χ3n) is 18.5. The molecule has 15 unspecified atom stereocenters. The predicted molar refractivity (Wildman–Crippen MR) is 390 cm³/mol. The van der Waals surface area contributed by atoms with Gasteiger partial charge in [-0.05, 0) is 104 Å². The van der Waals surface area contributed by atoms with Gasteiger partial charge in [-0.1, -0.05) is 170 Å². The topological polar surface area (TPSA) is 231 Å². The first-order valence-corrected chi connectivity index (χ1v) is 45.8. The fourth-order valence-electron chi connectivity index (χ4n) is 13.7. The van der Waals surface area contributed by atoms with Gasteiger partial charge in [0.05, 0.1) is 42.1 Å². The molecule has 3 aliphatic heterocycles. The van der Waals surface area contributed by atoms with Crippen molar-refractivity contribution in [1.29, 1.82) is 0 Å². The summed E-state index contributed by atoms with van der Waals surface area (Å²) in [5.74, 6) is -3.22. The Balaban J connectivity index is 0.000000170. The number of hydrogen-bond acceptors (Lipinski definition) is 18. The Morgan fingerprint density at radius 1 is 0.460 bits per heavy atom. The fraction of sp³-hybridized carbons (Fsp3) is 0.367. The molecule has 6 aromatic carbocycles. The maximum atomic E-state index is 12.6. The summed E-state index contributed by atoms with van der Waals surface area (Å²) in [6.07, 6.45) is 16.3. The van der Waals surface area contributed by atoms with Gasteiger partial charge in [0, 0.05) is 68.6 Å². The Morgan fingerprint density at radius 3 is 1.01 bits per heavy atom. The molecule has 0 bridgehead atoms. The van der Waals surface area contributed by atoms with Gasteiger partial charge in [0.25, 0.3) is 0 Å². The van der Waals surface area contributed by atoms with Gasteiger partial charge in [0.15, 0.2) is 0 Å². The van der Waals surface area contributed by atoms with E-state index in [9.17, 15) is 43.5 Å². The molecule has 6 aliphatic rings. The number of fused-ring (bicyclic) bond motifs is 3. The zero-order chi connectivity index (χ0) is 70.8. The molecule has 12 rings (SSSR count). The Hall–Kier alpha value is -7.20. The molecule has 21 heteroatoms. The Morgan fingerprint density at radius 2 is 0.730 bits per heavy atom. The van der Waals surface area contributed by atoms with Gasteiger partial charge >= 0.3 is 110 Å². The molecule has 528 valence electrons. The quantitative estimate of drug-likeness (QED) is 0.0257. The van der Waals surface area contributed by atoms with Crippen LogP contribution in [0, 0.1) is 35.5 Å². The van der Waals surface area contributed by atoms with Gasteiger partial charge in [-0.15, -0.1) is 0 Å². The second kappa shape index (κ2) is 39.9. The third-order valence-corrected chi connectivity index (χ3v) is 38.4. The van der Waals surface area contributed by atoms with E-state index >= 15 is 0 Å². The van der Waals surface area contributed by atoms with Crippen molar-refractivity contribution in [2.75, 3.05) is 0 Å².